The minimum absolute atomic E-state index is 0.127. The summed E-state index contributed by atoms with van der Waals surface area (Å²) in [6, 6.07) is 8.90. The Morgan fingerprint density at radius 3 is 2.08 bits per heavy atom. The van der Waals surface area contributed by atoms with E-state index in [0.717, 1.165) is 22.3 Å². The van der Waals surface area contributed by atoms with Crippen LogP contribution in [0.25, 0.3) is 10.9 Å². The smallest absolute Gasteiger partial charge is 0.203 e. The van der Waals surface area contributed by atoms with Crippen LogP contribution >= 0.6 is 0 Å². The van der Waals surface area contributed by atoms with Crippen LogP contribution in [-0.2, 0) is 0 Å². The van der Waals surface area contributed by atoms with E-state index in [-0.39, 0.29) is 5.78 Å². The van der Waals surface area contributed by atoms with E-state index in [0.29, 0.717) is 28.4 Å². The molecule has 1 N–H and O–H groups in total. The van der Waals surface area contributed by atoms with Gasteiger partial charge in [-0.1, -0.05) is 0 Å². The van der Waals surface area contributed by atoms with Gasteiger partial charge in [0.15, 0.2) is 17.3 Å². The second-order valence-electron chi connectivity index (χ2n) is 5.78. The van der Waals surface area contributed by atoms with Gasteiger partial charge in [0, 0.05) is 22.7 Å². The maximum Gasteiger partial charge on any atom is 0.203 e. The van der Waals surface area contributed by atoms with Crippen LogP contribution in [0.3, 0.4) is 0 Å². The Hall–Kier alpha value is -3.15. The predicted molar refractivity (Wildman–Crippen MR) is 99.1 cm³/mol. The molecule has 6 heteroatoms. The second-order valence-corrected chi connectivity index (χ2v) is 5.78. The largest absolute Gasteiger partial charge is 0.497 e. The SMILES string of the molecule is COc1ccc2c(C(=O)c3cc(OC)c(OC)c(OC)c3)c(C)[nH]c2c1. The van der Waals surface area contributed by atoms with Gasteiger partial charge in [-0.05, 0) is 31.2 Å². The van der Waals surface area contributed by atoms with Crippen molar-refractivity contribution in [1.29, 1.82) is 0 Å². The van der Waals surface area contributed by atoms with Crippen molar-refractivity contribution in [3.8, 4) is 23.0 Å². The minimum Gasteiger partial charge on any atom is -0.497 e. The molecule has 0 spiro atoms. The number of fused-ring (bicyclic) bond motifs is 1. The van der Waals surface area contributed by atoms with E-state index in [1.807, 2.05) is 25.1 Å². The van der Waals surface area contributed by atoms with Crippen molar-refractivity contribution >= 4 is 16.7 Å². The molecule has 0 radical (unpaired) electrons. The number of H-pyrrole nitrogens is 1. The molecule has 0 aliphatic rings. The summed E-state index contributed by atoms with van der Waals surface area (Å²) in [7, 11) is 6.18. The van der Waals surface area contributed by atoms with Crippen LogP contribution < -0.4 is 18.9 Å². The van der Waals surface area contributed by atoms with Gasteiger partial charge >= 0.3 is 0 Å². The number of aromatic nitrogens is 1. The third-order valence-electron chi connectivity index (χ3n) is 4.35. The molecule has 3 rings (SSSR count). The molecule has 26 heavy (non-hydrogen) atoms. The van der Waals surface area contributed by atoms with E-state index >= 15 is 0 Å². The predicted octanol–water partition coefficient (Wildman–Crippen LogP) is 3.74. The molecule has 1 aromatic heterocycles. The molecule has 0 saturated heterocycles. The zero-order chi connectivity index (χ0) is 18.8. The van der Waals surface area contributed by atoms with E-state index in [2.05, 4.69) is 4.98 Å². The Morgan fingerprint density at radius 2 is 1.54 bits per heavy atom. The fraction of sp³-hybridized carbons (Fsp3) is 0.250. The Bertz CT molecular complexity index is 949. The molecule has 6 nitrogen and oxygen atoms in total. The van der Waals surface area contributed by atoms with E-state index < -0.39 is 0 Å². The first-order valence-electron chi connectivity index (χ1n) is 8.05. The number of rotatable bonds is 6. The molecule has 2 aromatic carbocycles. The third kappa shape index (κ3) is 2.83. The molecular weight excluding hydrogens is 334 g/mol. The van der Waals surface area contributed by atoms with Gasteiger partial charge in [0.05, 0.1) is 39.5 Å². The van der Waals surface area contributed by atoms with Crippen molar-refractivity contribution in [2.45, 2.75) is 6.92 Å². The summed E-state index contributed by atoms with van der Waals surface area (Å²) >= 11 is 0. The lowest BCUT2D eigenvalue weighted by atomic mass is 9.99. The molecule has 136 valence electrons. The number of methoxy groups -OCH3 is 4. The summed E-state index contributed by atoms with van der Waals surface area (Å²) in [6.45, 7) is 1.87. The average molecular weight is 355 g/mol. The summed E-state index contributed by atoms with van der Waals surface area (Å²) in [5, 5.41) is 0.835. The van der Waals surface area contributed by atoms with E-state index in [4.69, 9.17) is 18.9 Å². The first-order chi connectivity index (χ1) is 12.5. The maximum absolute atomic E-state index is 13.2. The highest BCUT2D eigenvalue weighted by Gasteiger charge is 2.22. The Kier molecular flexibility index (Phi) is 4.75. The van der Waals surface area contributed by atoms with E-state index in [1.54, 1.807) is 19.2 Å². The Morgan fingerprint density at radius 1 is 0.885 bits per heavy atom. The molecule has 0 saturated carbocycles. The molecular formula is C20H21NO5. The number of aromatic amines is 1. The normalized spacial score (nSPS) is 10.7. The third-order valence-corrected chi connectivity index (χ3v) is 4.35. The molecule has 3 aromatic rings. The maximum atomic E-state index is 13.2. The quantitative estimate of drug-likeness (QED) is 0.682. The fourth-order valence-electron chi connectivity index (χ4n) is 3.09. The number of carbonyl (C=O) groups excluding carboxylic acids is 1. The number of benzene rings is 2. The number of ketones is 1. The van der Waals surface area contributed by atoms with Crippen LogP contribution in [-0.4, -0.2) is 39.2 Å². The molecule has 0 unspecified atom stereocenters. The highest BCUT2D eigenvalue weighted by atomic mass is 16.5. The van der Waals surface area contributed by atoms with E-state index in [1.165, 1.54) is 21.3 Å². The van der Waals surface area contributed by atoms with E-state index in [9.17, 15) is 4.79 Å². The number of hydrogen-bond donors (Lipinski definition) is 1. The van der Waals surface area contributed by atoms with Crippen LogP contribution in [0.1, 0.15) is 21.6 Å². The number of hydrogen-bond acceptors (Lipinski definition) is 5. The van der Waals surface area contributed by atoms with Gasteiger partial charge in [0.2, 0.25) is 5.75 Å². The van der Waals surface area contributed by atoms with Crippen LogP contribution in [0.5, 0.6) is 23.0 Å². The molecule has 0 aliphatic carbocycles. The number of ether oxygens (including phenoxy) is 4. The molecule has 1 heterocycles. The molecule has 0 amide bonds. The fourth-order valence-corrected chi connectivity index (χ4v) is 3.09. The molecule has 0 aliphatic heterocycles. The zero-order valence-electron chi connectivity index (χ0n) is 15.4. The Balaban J connectivity index is 2.15. The van der Waals surface area contributed by atoms with Crippen LogP contribution in [0.4, 0.5) is 0 Å². The van der Waals surface area contributed by atoms with Crippen molar-refractivity contribution in [1.82, 2.24) is 4.98 Å². The summed E-state index contributed by atoms with van der Waals surface area (Å²) in [5.74, 6) is 1.93. The molecule has 0 bridgehead atoms. The van der Waals surface area contributed by atoms with Crippen molar-refractivity contribution < 1.29 is 23.7 Å². The lowest BCUT2D eigenvalue weighted by Gasteiger charge is -2.13. The summed E-state index contributed by atoms with van der Waals surface area (Å²) in [4.78, 5) is 16.5. The lowest BCUT2D eigenvalue weighted by Crippen LogP contribution is -2.05. The highest BCUT2D eigenvalue weighted by Crippen LogP contribution is 2.39. The van der Waals surface area contributed by atoms with Gasteiger partial charge in [0.25, 0.3) is 0 Å². The van der Waals surface area contributed by atoms with Gasteiger partial charge < -0.3 is 23.9 Å². The van der Waals surface area contributed by atoms with Gasteiger partial charge in [0.1, 0.15) is 5.75 Å². The highest BCUT2D eigenvalue weighted by molar-refractivity contribution is 6.17. The first kappa shape index (κ1) is 17.7. The van der Waals surface area contributed by atoms with Gasteiger partial charge in [-0.25, -0.2) is 0 Å². The summed E-state index contributed by atoms with van der Waals surface area (Å²) in [6.07, 6.45) is 0. The number of nitrogens with one attached hydrogen (secondary N) is 1. The summed E-state index contributed by atoms with van der Waals surface area (Å²) in [5.41, 5.74) is 2.70. The lowest BCUT2D eigenvalue weighted by molar-refractivity contribution is 0.103. The van der Waals surface area contributed by atoms with Gasteiger partial charge in [-0.15, -0.1) is 0 Å². The minimum atomic E-state index is -0.127. The molecule has 0 atom stereocenters. The Labute approximate surface area is 151 Å². The summed E-state index contributed by atoms with van der Waals surface area (Å²) < 4.78 is 21.3. The standard InChI is InChI=1S/C20H21NO5/c1-11-18(14-7-6-13(23-2)10-15(14)21-11)19(22)12-8-16(24-3)20(26-5)17(9-12)25-4/h6-10,21H,1-5H3. The number of aryl methyl sites for hydroxylation is 1. The van der Waals surface area contributed by atoms with Gasteiger partial charge in [-0.3, -0.25) is 4.79 Å². The van der Waals surface area contributed by atoms with Crippen LogP contribution in [0, 0.1) is 6.92 Å². The molecule has 0 fully saturated rings. The average Bonchev–Trinajstić information content (AvgIpc) is 3.00. The van der Waals surface area contributed by atoms with Gasteiger partial charge in [-0.2, -0.15) is 0 Å². The topological polar surface area (TPSA) is 69.8 Å². The first-order valence-corrected chi connectivity index (χ1v) is 8.05. The number of carbonyl (C=O) groups is 1. The monoisotopic (exact) mass is 355 g/mol. The second kappa shape index (κ2) is 7.00. The van der Waals surface area contributed by atoms with Crippen molar-refractivity contribution in [2.75, 3.05) is 28.4 Å². The van der Waals surface area contributed by atoms with Crippen LogP contribution in [0.2, 0.25) is 0 Å². The zero-order valence-corrected chi connectivity index (χ0v) is 15.4. The van der Waals surface area contributed by atoms with Crippen molar-refractivity contribution in [3.05, 3.63) is 47.2 Å². The van der Waals surface area contributed by atoms with Crippen LogP contribution in [0.15, 0.2) is 30.3 Å². The van der Waals surface area contributed by atoms with Crippen molar-refractivity contribution in [2.24, 2.45) is 0 Å². The van der Waals surface area contributed by atoms with Crippen molar-refractivity contribution in [3.63, 3.8) is 0 Å².